The van der Waals surface area contributed by atoms with Crippen LogP contribution in [0.1, 0.15) is 5.56 Å². The minimum atomic E-state index is 0.162. The van der Waals surface area contributed by atoms with E-state index in [-0.39, 0.29) is 19.0 Å². The van der Waals surface area contributed by atoms with Crippen molar-refractivity contribution in [2.75, 3.05) is 13.2 Å². The van der Waals surface area contributed by atoms with Crippen molar-refractivity contribution in [1.29, 1.82) is 0 Å². The molecule has 14 heavy (non-hydrogen) atoms. The highest BCUT2D eigenvalue weighted by atomic mass is 16.7. The predicted molar refractivity (Wildman–Crippen MR) is 51.8 cm³/mol. The number of oxime groups is 1. The largest absolute Gasteiger partial charge is 0.507 e. The Morgan fingerprint density at radius 3 is 2.86 bits per heavy atom. The molecule has 0 aromatic heterocycles. The third-order valence-electron chi connectivity index (χ3n) is 1.50. The van der Waals surface area contributed by atoms with E-state index in [1.165, 1.54) is 6.21 Å². The van der Waals surface area contributed by atoms with Crippen LogP contribution in [0.25, 0.3) is 0 Å². The summed E-state index contributed by atoms with van der Waals surface area (Å²) >= 11 is 0. The van der Waals surface area contributed by atoms with Crippen molar-refractivity contribution in [3.63, 3.8) is 0 Å². The van der Waals surface area contributed by atoms with Crippen LogP contribution in [0.5, 0.6) is 5.75 Å². The van der Waals surface area contributed by atoms with Gasteiger partial charge in [-0.05, 0) is 12.1 Å². The molecule has 3 N–H and O–H groups in total. The van der Waals surface area contributed by atoms with Gasteiger partial charge in [0.2, 0.25) is 0 Å². The molecular formula is C9H12N2O3. The average molecular weight is 196 g/mol. The maximum Gasteiger partial charge on any atom is 0.142 e. The van der Waals surface area contributed by atoms with Crippen LogP contribution in [-0.4, -0.2) is 24.5 Å². The summed E-state index contributed by atoms with van der Waals surface area (Å²) in [5.74, 6) is 4.94. The Morgan fingerprint density at radius 1 is 1.36 bits per heavy atom. The summed E-state index contributed by atoms with van der Waals surface area (Å²) in [7, 11) is 0. The van der Waals surface area contributed by atoms with Gasteiger partial charge in [0.05, 0.1) is 6.21 Å². The standard InChI is InChI=1S/C9H12N2O3/c10-13-5-6-14-11-7-8-3-1-2-4-9(8)12/h1-4,7,12H,5-6,10H2/b11-7+. The van der Waals surface area contributed by atoms with Crippen molar-refractivity contribution in [2.45, 2.75) is 0 Å². The van der Waals surface area contributed by atoms with E-state index in [0.29, 0.717) is 5.56 Å². The smallest absolute Gasteiger partial charge is 0.142 e. The Balaban J connectivity index is 2.40. The van der Waals surface area contributed by atoms with Gasteiger partial charge in [-0.3, -0.25) is 0 Å². The number of hydrogen-bond acceptors (Lipinski definition) is 5. The average Bonchev–Trinajstić information content (AvgIpc) is 2.20. The summed E-state index contributed by atoms with van der Waals surface area (Å²) in [6.45, 7) is 0.554. The summed E-state index contributed by atoms with van der Waals surface area (Å²) in [4.78, 5) is 9.06. The number of nitrogens with zero attached hydrogens (tertiary/aromatic N) is 1. The molecule has 0 aliphatic rings. The molecule has 0 aliphatic carbocycles. The van der Waals surface area contributed by atoms with Crippen molar-refractivity contribution in [1.82, 2.24) is 0 Å². The van der Waals surface area contributed by atoms with Crippen LogP contribution in [-0.2, 0) is 9.68 Å². The fourth-order valence-electron chi connectivity index (χ4n) is 0.829. The van der Waals surface area contributed by atoms with Gasteiger partial charge in [0.25, 0.3) is 0 Å². The molecule has 1 rings (SSSR count). The van der Waals surface area contributed by atoms with Gasteiger partial charge in [-0.25, -0.2) is 5.90 Å². The zero-order valence-corrected chi connectivity index (χ0v) is 7.59. The number of aromatic hydroxyl groups is 1. The van der Waals surface area contributed by atoms with Crippen molar-refractivity contribution in [3.05, 3.63) is 29.8 Å². The quantitative estimate of drug-likeness (QED) is 0.411. The molecule has 5 heteroatoms. The van der Waals surface area contributed by atoms with Gasteiger partial charge in [0.1, 0.15) is 19.0 Å². The molecule has 0 spiro atoms. The van der Waals surface area contributed by atoms with Crippen LogP contribution in [0.4, 0.5) is 0 Å². The molecule has 5 nitrogen and oxygen atoms in total. The summed E-state index contributed by atoms with van der Waals surface area (Å²) in [5.41, 5.74) is 0.598. The normalized spacial score (nSPS) is 10.6. The fraction of sp³-hybridized carbons (Fsp3) is 0.222. The van der Waals surface area contributed by atoms with E-state index >= 15 is 0 Å². The highest BCUT2D eigenvalue weighted by Crippen LogP contribution is 2.12. The van der Waals surface area contributed by atoms with Gasteiger partial charge < -0.3 is 14.8 Å². The lowest BCUT2D eigenvalue weighted by molar-refractivity contribution is 0.0515. The Bertz CT molecular complexity index is 302. The topological polar surface area (TPSA) is 77.1 Å². The van der Waals surface area contributed by atoms with Crippen molar-refractivity contribution in [2.24, 2.45) is 11.1 Å². The van der Waals surface area contributed by atoms with Gasteiger partial charge in [0.15, 0.2) is 0 Å². The van der Waals surface area contributed by atoms with E-state index in [0.717, 1.165) is 0 Å². The SMILES string of the molecule is NOCCO/N=C/c1ccccc1O. The Morgan fingerprint density at radius 2 is 2.14 bits per heavy atom. The van der Waals surface area contributed by atoms with E-state index in [2.05, 4.69) is 9.99 Å². The number of hydrogen-bond donors (Lipinski definition) is 2. The first-order chi connectivity index (χ1) is 6.84. The number of phenolic OH excluding ortho intramolecular Hbond substituents is 1. The third kappa shape index (κ3) is 3.42. The third-order valence-corrected chi connectivity index (χ3v) is 1.50. The Labute approximate surface area is 81.7 Å². The fourth-order valence-corrected chi connectivity index (χ4v) is 0.829. The second kappa shape index (κ2) is 5.95. The number of nitrogens with two attached hydrogens (primary N) is 1. The molecule has 0 heterocycles. The van der Waals surface area contributed by atoms with Crippen molar-refractivity contribution in [3.8, 4) is 5.75 Å². The maximum absolute atomic E-state index is 9.32. The molecule has 0 unspecified atom stereocenters. The highest BCUT2D eigenvalue weighted by Gasteiger charge is 1.94. The second-order valence-corrected chi connectivity index (χ2v) is 2.50. The molecule has 1 aromatic carbocycles. The zero-order chi connectivity index (χ0) is 10.2. The number of rotatable bonds is 5. The highest BCUT2D eigenvalue weighted by molar-refractivity contribution is 5.82. The van der Waals surface area contributed by atoms with Crippen LogP contribution < -0.4 is 5.90 Å². The van der Waals surface area contributed by atoms with Gasteiger partial charge >= 0.3 is 0 Å². The number of para-hydroxylation sites is 1. The summed E-state index contributed by atoms with van der Waals surface area (Å²) in [5, 5.41) is 12.9. The first kappa shape index (κ1) is 10.5. The van der Waals surface area contributed by atoms with E-state index < -0.39 is 0 Å². The van der Waals surface area contributed by atoms with E-state index in [4.69, 9.17) is 10.7 Å². The monoisotopic (exact) mass is 196 g/mol. The van der Waals surface area contributed by atoms with Crippen molar-refractivity contribution < 1.29 is 14.8 Å². The molecule has 0 saturated carbocycles. The molecule has 76 valence electrons. The van der Waals surface area contributed by atoms with Crippen LogP contribution in [0.2, 0.25) is 0 Å². The van der Waals surface area contributed by atoms with E-state index in [1.807, 2.05) is 0 Å². The predicted octanol–water partition coefficient (Wildman–Crippen LogP) is 0.633. The van der Waals surface area contributed by atoms with E-state index in [1.54, 1.807) is 24.3 Å². The molecular weight excluding hydrogens is 184 g/mol. The molecule has 0 atom stereocenters. The number of phenols is 1. The van der Waals surface area contributed by atoms with E-state index in [9.17, 15) is 5.11 Å². The lowest BCUT2D eigenvalue weighted by Crippen LogP contribution is -2.05. The Hall–Kier alpha value is -1.59. The van der Waals surface area contributed by atoms with Gasteiger partial charge in [-0.15, -0.1) is 0 Å². The first-order valence-electron chi connectivity index (χ1n) is 4.09. The minimum Gasteiger partial charge on any atom is -0.507 e. The lowest BCUT2D eigenvalue weighted by atomic mass is 10.2. The molecule has 1 aromatic rings. The minimum absolute atomic E-state index is 0.162. The molecule has 0 bridgehead atoms. The zero-order valence-electron chi connectivity index (χ0n) is 7.59. The molecule has 0 aliphatic heterocycles. The lowest BCUT2D eigenvalue weighted by Gasteiger charge is -1.98. The molecule has 0 radical (unpaired) electrons. The van der Waals surface area contributed by atoms with Crippen molar-refractivity contribution >= 4 is 6.21 Å². The summed E-state index contributed by atoms with van der Waals surface area (Å²) in [6.07, 6.45) is 1.42. The van der Waals surface area contributed by atoms with Crippen LogP contribution in [0, 0.1) is 0 Å². The maximum atomic E-state index is 9.32. The molecule has 0 saturated heterocycles. The van der Waals surface area contributed by atoms with Crippen LogP contribution >= 0.6 is 0 Å². The first-order valence-corrected chi connectivity index (χ1v) is 4.09. The summed E-state index contributed by atoms with van der Waals surface area (Å²) < 4.78 is 0. The molecule has 0 fully saturated rings. The Kier molecular flexibility index (Phi) is 4.46. The van der Waals surface area contributed by atoms with Gasteiger partial charge in [0, 0.05) is 5.56 Å². The van der Waals surface area contributed by atoms with Crippen LogP contribution in [0.15, 0.2) is 29.4 Å². The van der Waals surface area contributed by atoms with Crippen LogP contribution in [0.3, 0.4) is 0 Å². The molecule has 0 amide bonds. The summed E-state index contributed by atoms with van der Waals surface area (Å²) in [6, 6.07) is 6.83. The van der Waals surface area contributed by atoms with Gasteiger partial charge in [-0.2, -0.15) is 0 Å². The number of benzene rings is 1. The van der Waals surface area contributed by atoms with Gasteiger partial charge in [-0.1, -0.05) is 17.3 Å². The second-order valence-electron chi connectivity index (χ2n) is 2.50.